The maximum Gasteiger partial charge on any atom is 0.231 e. The number of benzene rings is 1. The summed E-state index contributed by atoms with van der Waals surface area (Å²) in [5.74, 6) is 4.90. The molecular formula is C17H24O2. The van der Waals surface area contributed by atoms with Crippen LogP contribution in [-0.2, 0) is 0 Å². The minimum Gasteiger partial charge on any atom is -0.454 e. The molecule has 1 aliphatic heterocycles. The summed E-state index contributed by atoms with van der Waals surface area (Å²) >= 11 is 0. The third kappa shape index (κ3) is 2.45. The van der Waals surface area contributed by atoms with Crippen molar-refractivity contribution in [2.45, 2.75) is 46.0 Å². The molecule has 1 saturated carbocycles. The third-order valence-corrected chi connectivity index (χ3v) is 4.85. The molecule has 1 heterocycles. The van der Waals surface area contributed by atoms with Gasteiger partial charge in [-0.1, -0.05) is 33.3 Å². The van der Waals surface area contributed by atoms with Crippen molar-refractivity contribution in [3.63, 3.8) is 0 Å². The molecule has 1 aromatic carbocycles. The van der Waals surface area contributed by atoms with Crippen LogP contribution in [0, 0.1) is 17.8 Å². The number of hydrogen-bond acceptors (Lipinski definition) is 2. The number of fused-ring (bicyclic) bond motifs is 1. The van der Waals surface area contributed by atoms with Crippen LogP contribution in [0.25, 0.3) is 0 Å². The van der Waals surface area contributed by atoms with Crippen LogP contribution in [0.3, 0.4) is 0 Å². The van der Waals surface area contributed by atoms with Gasteiger partial charge < -0.3 is 9.47 Å². The van der Waals surface area contributed by atoms with Gasteiger partial charge in [-0.05, 0) is 54.2 Å². The topological polar surface area (TPSA) is 18.5 Å². The predicted molar refractivity (Wildman–Crippen MR) is 76.6 cm³/mol. The molecule has 104 valence electrons. The van der Waals surface area contributed by atoms with E-state index in [9.17, 15) is 0 Å². The average molecular weight is 260 g/mol. The Morgan fingerprint density at radius 2 is 1.89 bits per heavy atom. The van der Waals surface area contributed by atoms with Gasteiger partial charge in [0.2, 0.25) is 6.79 Å². The predicted octanol–water partition coefficient (Wildman–Crippen LogP) is 4.59. The summed E-state index contributed by atoms with van der Waals surface area (Å²) in [6.07, 6.45) is 4.05. The van der Waals surface area contributed by atoms with E-state index in [0.29, 0.717) is 12.7 Å². The van der Waals surface area contributed by atoms with Gasteiger partial charge in [0.25, 0.3) is 0 Å². The van der Waals surface area contributed by atoms with Crippen LogP contribution < -0.4 is 9.47 Å². The molecule has 0 saturated heterocycles. The summed E-state index contributed by atoms with van der Waals surface area (Å²) in [7, 11) is 0. The lowest BCUT2D eigenvalue weighted by Gasteiger charge is -2.37. The third-order valence-electron chi connectivity index (χ3n) is 4.85. The van der Waals surface area contributed by atoms with Crippen LogP contribution >= 0.6 is 0 Å². The molecule has 0 unspecified atom stereocenters. The highest BCUT2D eigenvalue weighted by Gasteiger charge is 2.32. The van der Waals surface area contributed by atoms with Crippen molar-refractivity contribution in [2.75, 3.05) is 6.79 Å². The van der Waals surface area contributed by atoms with E-state index in [1.807, 2.05) is 0 Å². The molecule has 0 aromatic heterocycles. The van der Waals surface area contributed by atoms with Crippen molar-refractivity contribution in [3.8, 4) is 11.5 Å². The van der Waals surface area contributed by atoms with Crippen LogP contribution in [0.1, 0.15) is 51.5 Å². The van der Waals surface area contributed by atoms with Gasteiger partial charge in [-0.15, -0.1) is 0 Å². The number of rotatable bonds is 2. The Hall–Kier alpha value is -1.18. The van der Waals surface area contributed by atoms with Crippen molar-refractivity contribution in [1.29, 1.82) is 0 Å². The molecule has 0 radical (unpaired) electrons. The van der Waals surface area contributed by atoms with E-state index >= 15 is 0 Å². The second-order valence-electron chi connectivity index (χ2n) is 6.55. The Kier molecular flexibility index (Phi) is 3.42. The Morgan fingerprint density at radius 3 is 2.68 bits per heavy atom. The zero-order valence-corrected chi connectivity index (χ0v) is 12.2. The van der Waals surface area contributed by atoms with Crippen molar-refractivity contribution >= 4 is 0 Å². The van der Waals surface area contributed by atoms with Crippen LogP contribution in [0.5, 0.6) is 11.5 Å². The maximum atomic E-state index is 5.53. The van der Waals surface area contributed by atoms with Gasteiger partial charge in [-0.3, -0.25) is 0 Å². The molecule has 1 fully saturated rings. The van der Waals surface area contributed by atoms with Crippen LogP contribution in [0.2, 0.25) is 0 Å². The van der Waals surface area contributed by atoms with Gasteiger partial charge in [0, 0.05) is 0 Å². The zero-order chi connectivity index (χ0) is 13.4. The molecule has 3 atom stereocenters. The van der Waals surface area contributed by atoms with Gasteiger partial charge in [-0.25, -0.2) is 0 Å². The summed E-state index contributed by atoms with van der Waals surface area (Å²) in [6.45, 7) is 7.48. The highest BCUT2D eigenvalue weighted by Crippen LogP contribution is 2.46. The van der Waals surface area contributed by atoms with E-state index in [0.717, 1.165) is 29.3 Å². The SMILES string of the molecule is CC(C)[C@@H]1CC[C@@H](C)C[C@H]1c1ccc2c(c1)OCO2. The minimum absolute atomic E-state index is 0.369. The van der Waals surface area contributed by atoms with Gasteiger partial charge in [-0.2, -0.15) is 0 Å². The Balaban J connectivity index is 1.89. The van der Waals surface area contributed by atoms with Gasteiger partial charge in [0.1, 0.15) is 0 Å². The van der Waals surface area contributed by atoms with Gasteiger partial charge in [0.05, 0.1) is 0 Å². The van der Waals surface area contributed by atoms with Crippen molar-refractivity contribution in [2.24, 2.45) is 17.8 Å². The van der Waals surface area contributed by atoms with E-state index in [1.54, 1.807) is 0 Å². The maximum absolute atomic E-state index is 5.53. The standard InChI is InChI=1S/C17H24O2/c1-11(2)14-6-4-12(3)8-15(14)13-5-7-16-17(9-13)19-10-18-16/h5,7,9,11-12,14-15H,4,6,8,10H2,1-3H3/t12-,14+,15+/m1/s1. The van der Waals surface area contributed by atoms with Crippen molar-refractivity contribution in [1.82, 2.24) is 0 Å². The first-order valence-corrected chi connectivity index (χ1v) is 7.54. The first-order chi connectivity index (χ1) is 9.15. The quantitative estimate of drug-likeness (QED) is 0.774. The molecular weight excluding hydrogens is 236 g/mol. The lowest BCUT2D eigenvalue weighted by molar-refractivity contribution is 0.173. The Bertz CT molecular complexity index is 453. The molecule has 19 heavy (non-hydrogen) atoms. The summed E-state index contributed by atoms with van der Waals surface area (Å²) < 4.78 is 10.9. The lowest BCUT2D eigenvalue weighted by Crippen LogP contribution is -2.26. The Morgan fingerprint density at radius 1 is 1.11 bits per heavy atom. The van der Waals surface area contributed by atoms with E-state index in [2.05, 4.69) is 39.0 Å². The first-order valence-electron chi connectivity index (χ1n) is 7.54. The monoisotopic (exact) mass is 260 g/mol. The van der Waals surface area contributed by atoms with Crippen molar-refractivity contribution < 1.29 is 9.47 Å². The molecule has 1 aliphatic carbocycles. The number of hydrogen-bond donors (Lipinski definition) is 0. The van der Waals surface area contributed by atoms with E-state index in [-0.39, 0.29) is 0 Å². The molecule has 2 aliphatic rings. The molecule has 2 nitrogen and oxygen atoms in total. The van der Waals surface area contributed by atoms with E-state index < -0.39 is 0 Å². The molecule has 1 aromatic rings. The number of ether oxygens (including phenoxy) is 2. The molecule has 2 heteroatoms. The van der Waals surface area contributed by atoms with Gasteiger partial charge >= 0.3 is 0 Å². The fraction of sp³-hybridized carbons (Fsp3) is 0.647. The highest BCUT2D eigenvalue weighted by molar-refractivity contribution is 5.45. The van der Waals surface area contributed by atoms with Crippen LogP contribution in [0.4, 0.5) is 0 Å². The molecule has 0 N–H and O–H groups in total. The molecule has 3 rings (SSSR count). The largest absolute Gasteiger partial charge is 0.454 e. The Labute approximate surface area is 116 Å². The van der Waals surface area contributed by atoms with E-state index in [4.69, 9.17) is 9.47 Å². The minimum atomic E-state index is 0.369. The fourth-order valence-corrected chi connectivity index (χ4v) is 3.73. The first kappa shape index (κ1) is 12.8. The second kappa shape index (κ2) is 5.07. The summed E-state index contributed by atoms with van der Waals surface area (Å²) in [6, 6.07) is 6.53. The average Bonchev–Trinajstić information content (AvgIpc) is 2.85. The fourth-order valence-electron chi connectivity index (χ4n) is 3.73. The highest BCUT2D eigenvalue weighted by atomic mass is 16.7. The molecule has 0 bridgehead atoms. The van der Waals surface area contributed by atoms with Crippen molar-refractivity contribution in [3.05, 3.63) is 23.8 Å². The summed E-state index contributed by atoms with van der Waals surface area (Å²) in [5.41, 5.74) is 1.44. The zero-order valence-electron chi connectivity index (χ0n) is 12.2. The molecule has 0 amide bonds. The van der Waals surface area contributed by atoms with Crippen LogP contribution in [-0.4, -0.2) is 6.79 Å². The lowest BCUT2D eigenvalue weighted by atomic mass is 9.67. The van der Waals surface area contributed by atoms with Gasteiger partial charge in [0.15, 0.2) is 11.5 Å². The summed E-state index contributed by atoms with van der Waals surface area (Å²) in [5, 5.41) is 0. The second-order valence-corrected chi connectivity index (χ2v) is 6.55. The smallest absolute Gasteiger partial charge is 0.231 e. The van der Waals surface area contributed by atoms with E-state index in [1.165, 1.54) is 24.8 Å². The summed E-state index contributed by atoms with van der Waals surface area (Å²) in [4.78, 5) is 0. The normalized spacial score (nSPS) is 29.8. The van der Waals surface area contributed by atoms with Crippen LogP contribution in [0.15, 0.2) is 18.2 Å². The molecule has 0 spiro atoms.